The second kappa shape index (κ2) is 10.6. The second-order valence-corrected chi connectivity index (χ2v) is 10.5. The summed E-state index contributed by atoms with van der Waals surface area (Å²) >= 11 is 0. The molecule has 0 radical (unpaired) electrons. The summed E-state index contributed by atoms with van der Waals surface area (Å²) in [5.41, 5.74) is 3.20. The van der Waals surface area contributed by atoms with Crippen LogP contribution < -0.4 is 4.74 Å². The number of alkyl halides is 2. The number of para-hydroxylation sites is 1. The summed E-state index contributed by atoms with van der Waals surface area (Å²) in [6, 6.07) is 7.96. The van der Waals surface area contributed by atoms with Crippen LogP contribution in [0.5, 0.6) is 5.75 Å². The molecule has 2 aliphatic rings. The first-order valence-corrected chi connectivity index (χ1v) is 13.5. The zero-order valence-corrected chi connectivity index (χ0v) is 22.2. The molecule has 0 N–H and O–H groups in total. The molecule has 4 unspecified atom stereocenters. The second-order valence-electron chi connectivity index (χ2n) is 10.5. The molecule has 0 spiro atoms. The summed E-state index contributed by atoms with van der Waals surface area (Å²) in [6.45, 7) is 1.08. The molecule has 2 saturated carbocycles. The molecule has 40 heavy (non-hydrogen) atoms. The van der Waals surface area contributed by atoms with Crippen molar-refractivity contribution < 1.29 is 27.4 Å². The summed E-state index contributed by atoms with van der Waals surface area (Å²) in [6.07, 6.45) is 7.88. The van der Waals surface area contributed by atoms with E-state index in [0.717, 1.165) is 25.0 Å². The monoisotopic (exact) mass is 550 g/mol. The van der Waals surface area contributed by atoms with Gasteiger partial charge in [0, 0.05) is 59.4 Å². The minimum Gasteiger partial charge on any atom is -0.466 e. The average molecular weight is 551 g/mol. The Morgan fingerprint density at radius 1 is 1.15 bits per heavy atom. The number of halogens is 3. The number of aryl methyl sites for hydroxylation is 1. The quantitative estimate of drug-likeness (QED) is 0.246. The number of benzene rings is 1. The fourth-order valence-electron chi connectivity index (χ4n) is 6.21. The van der Waals surface area contributed by atoms with Crippen LogP contribution >= 0.6 is 0 Å². The van der Waals surface area contributed by atoms with Crippen molar-refractivity contribution in [3.63, 3.8) is 0 Å². The Hall–Kier alpha value is -3.95. The Labute approximate surface area is 229 Å². The van der Waals surface area contributed by atoms with Crippen LogP contribution in [0, 0.1) is 30.5 Å². The van der Waals surface area contributed by atoms with Gasteiger partial charge in [-0.15, -0.1) is 0 Å². The van der Waals surface area contributed by atoms with Gasteiger partial charge in [0.05, 0.1) is 18.2 Å². The van der Waals surface area contributed by atoms with E-state index in [1.807, 2.05) is 6.92 Å². The van der Waals surface area contributed by atoms with E-state index in [1.54, 1.807) is 48.1 Å². The number of fused-ring (bicyclic) bond motifs is 2. The first-order chi connectivity index (χ1) is 19.3. The summed E-state index contributed by atoms with van der Waals surface area (Å²) in [5, 5.41) is 0. The fourth-order valence-corrected chi connectivity index (χ4v) is 6.21. The lowest BCUT2D eigenvalue weighted by molar-refractivity contribution is -0.145. The van der Waals surface area contributed by atoms with Gasteiger partial charge in [-0.2, -0.15) is 8.78 Å². The molecule has 4 atom stereocenters. The molecule has 208 valence electrons. The summed E-state index contributed by atoms with van der Waals surface area (Å²) in [4.78, 5) is 25.9. The number of carbonyl (C=O) groups is 1. The third-order valence-electron chi connectivity index (χ3n) is 8.20. The predicted molar refractivity (Wildman–Crippen MR) is 140 cm³/mol. The molecule has 3 heterocycles. The van der Waals surface area contributed by atoms with Gasteiger partial charge in [0.15, 0.2) is 0 Å². The van der Waals surface area contributed by atoms with E-state index in [0.29, 0.717) is 52.3 Å². The van der Waals surface area contributed by atoms with E-state index in [1.165, 1.54) is 12.1 Å². The maximum Gasteiger partial charge on any atom is 0.387 e. The van der Waals surface area contributed by atoms with Crippen molar-refractivity contribution >= 4 is 11.6 Å². The molecule has 0 aliphatic heterocycles. The zero-order chi connectivity index (χ0) is 28.0. The minimum absolute atomic E-state index is 0.00761. The van der Waals surface area contributed by atoms with Gasteiger partial charge in [0.25, 0.3) is 0 Å². The number of aromatic nitrogens is 4. The third kappa shape index (κ3) is 4.91. The van der Waals surface area contributed by atoms with Gasteiger partial charge in [-0.25, -0.2) is 19.3 Å². The highest BCUT2D eigenvalue weighted by atomic mass is 19.3. The minimum atomic E-state index is -2.94. The lowest BCUT2D eigenvalue weighted by atomic mass is 9.88. The Morgan fingerprint density at radius 3 is 2.67 bits per heavy atom. The van der Waals surface area contributed by atoms with Gasteiger partial charge in [0.1, 0.15) is 23.0 Å². The van der Waals surface area contributed by atoms with Crippen LogP contribution in [0.3, 0.4) is 0 Å². The van der Waals surface area contributed by atoms with Crippen molar-refractivity contribution in [2.24, 2.45) is 17.8 Å². The van der Waals surface area contributed by atoms with Gasteiger partial charge in [-0.05, 0) is 51.0 Å². The molecule has 0 saturated heterocycles. The molecule has 0 amide bonds. The van der Waals surface area contributed by atoms with Crippen molar-refractivity contribution in [1.29, 1.82) is 0 Å². The molecule has 10 heteroatoms. The topological polar surface area (TPSA) is 78.6 Å². The molecular weight excluding hydrogens is 521 g/mol. The number of ether oxygens (including phenoxy) is 2. The first kappa shape index (κ1) is 26.3. The molecule has 3 aromatic heterocycles. The Bertz CT molecular complexity index is 1560. The molecule has 0 bridgehead atoms. The molecular formula is C30H29F3N4O3. The van der Waals surface area contributed by atoms with Crippen LogP contribution in [0.15, 0.2) is 48.9 Å². The highest BCUT2D eigenvalue weighted by Gasteiger charge is 2.57. The fraction of sp³-hybridized carbons (Fsp3) is 0.400. The Morgan fingerprint density at radius 2 is 1.93 bits per heavy atom. The number of hydrogen-bond donors (Lipinski definition) is 0. The first-order valence-electron chi connectivity index (χ1n) is 13.5. The predicted octanol–water partition coefficient (Wildman–Crippen LogP) is 6.12. The number of rotatable bonds is 8. The van der Waals surface area contributed by atoms with Crippen molar-refractivity contribution in [1.82, 2.24) is 19.4 Å². The normalized spacial score (nSPS) is 21.9. The van der Waals surface area contributed by atoms with E-state index in [4.69, 9.17) is 9.47 Å². The highest BCUT2D eigenvalue weighted by Crippen LogP contribution is 2.58. The lowest BCUT2D eigenvalue weighted by Crippen LogP contribution is -2.10. The van der Waals surface area contributed by atoms with Gasteiger partial charge < -0.3 is 13.9 Å². The molecule has 4 aromatic rings. The summed E-state index contributed by atoms with van der Waals surface area (Å²) in [7, 11) is 0. The van der Waals surface area contributed by atoms with Crippen molar-refractivity contribution in [2.45, 2.75) is 52.1 Å². The standard InChI is InChI=1S/C30H29F3N4O3/c1-3-39-29(38)27-20-9-8-18(10-21(20)27)28-34-13-19(14-35-28)22-15-37-24(16(2)36-26(37)12-23(22)31)11-17-6-4-5-7-25(17)40-30(32)33/h4-7,12-15,18,20-21,27,30H,3,8-11H2,1-2H3. The Balaban J connectivity index is 1.25. The third-order valence-corrected chi connectivity index (χ3v) is 8.20. The van der Waals surface area contributed by atoms with E-state index < -0.39 is 12.4 Å². The van der Waals surface area contributed by atoms with Gasteiger partial charge in [-0.3, -0.25) is 4.79 Å². The van der Waals surface area contributed by atoms with Gasteiger partial charge in [0.2, 0.25) is 0 Å². The number of carbonyl (C=O) groups excluding carboxylic acids is 1. The van der Waals surface area contributed by atoms with Crippen molar-refractivity contribution in [2.75, 3.05) is 6.61 Å². The zero-order valence-electron chi connectivity index (χ0n) is 22.2. The molecule has 7 nitrogen and oxygen atoms in total. The van der Waals surface area contributed by atoms with Crippen LogP contribution in [0.4, 0.5) is 13.2 Å². The number of imidazole rings is 1. The van der Waals surface area contributed by atoms with Crippen molar-refractivity contribution in [3.05, 3.63) is 77.5 Å². The van der Waals surface area contributed by atoms with E-state index in [9.17, 15) is 13.6 Å². The van der Waals surface area contributed by atoms with Crippen LogP contribution in [0.1, 0.15) is 54.9 Å². The lowest BCUT2D eigenvalue weighted by Gasteiger charge is -2.19. The van der Waals surface area contributed by atoms with Crippen molar-refractivity contribution in [3.8, 4) is 16.9 Å². The van der Waals surface area contributed by atoms with E-state index in [2.05, 4.69) is 15.0 Å². The number of nitrogens with zero attached hydrogens (tertiary/aromatic N) is 4. The Kier molecular flexibility index (Phi) is 6.93. The summed E-state index contributed by atoms with van der Waals surface area (Å²) < 4.78 is 52.8. The summed E-state index contributed by atoms with van der Waals surface area (Å²) in [5.74, 6) is 1.10. The van der Waals surface area contributed by atoms with E-state index >= 15 is 4.39 Å². The molecule has 2 fully saturated rings. The van der Waals surface area contributed by atoms with Crippen LogP contribution in [0.2, 0.25) is 0 Å². The van der Waals surface area contributed by atoms with Gasteiger partial charge in [-0.1, -0.05) is 18.2 Å². The molecule has 1 aromatic carbocycles. The molecule has 2 aliphatic carbocycles. The maximum atomic E-state index is 15.2. The number of hydrogen-bond acceptors (Lipinski definition) is 6. The smallest absolute Gasteiger partial charge is 0.387 e. The SMILES string of the molecule is CCOC(=O)C1C2CCC(c3ncc(-c4cn5c(Cc6ccccc6OC(F)F)c(C)nc5cc4F)cn3)CC21. The van der Waals surface area contributed by atoms with Gasteiger partial charge >= 0.3 is 12.6 Å². The van der Waals surface area contributed by atoms with Crippen LogP contribution in [-0.4, -0.2) is 38.5 Å². The number of pyridine rings is 1. The van der Waals surface area contributed by atoms with Crippen LogP contribution in [0.25, 0.3) is 16.8 Å². The van der Waals surface area contributed by atoms with E-state index in [-0.39, 0.29) is 30.0 Å². The molecule has 6 rings (SSSR count). The maximum absolute atomic E-state index is 15.2. The highest BCUT2D eigenvalue weighted by molar-refractivity contribution is 5.76. The largest absolute Gasteiger partial charge is 0.466 e. The number of esters is 1. The average Bonchev–Trinajstić information content (AvgIpc) is 3.59. The van der Waals surface area contributed by atoms with Crippen LogP contribution in [-0.2, 0) is 16.0 Å².